The number of hydrogen-bond donors (Lipinski definition) is 1. The van der Waals surface area contributed by atoms with E-state index in [0.29, 0.717) is 5.30 Å². The SMILES string of the molecule is CC(C)(C)c1cccc(C(C)(C)C)c1-c1c(-c2ccccc2)ccc([PH](=O)O)c1-c1c(C(C)(C)C)cccc1C(C)(C)C. The highest BCUT2D eigenvalue weighted by atomic mass is 31.1. The van der Waals surface area contributed by atoms with E-state index in [1.807, 2.05) is 12.1 Å². The van der Waals surface area contributed by atoms with Crippen LogP contribution >= 0.6 is 8.03 Å². The fourth-order valence-electron chi connectivity index (χ4n) is 6.30. The monoisotopic (exact) mass is 594 g/mol. The molecule has 0 aliphatic carbocycles. The van der Waals surface area contributed by atoms with E-state index in [4.69, 9.17) is 0 Å². The first-order chi connectivity index (χ1) is 19.7. The average molecular weight is 595 g/mol. The zero-order valence-corrected chi connectivity index (χ0v) is 29.4. The molecule has 4 aromatic rings. The molecule has 1 N–H and O–H groups in total. The minimum Gasteiger partial charge on any atom is -0.343 e. The zero-order valence-electron chi connectivity index (χ0n) is 28.4. The maximum absolute atomic E-state index is 13.5. The van der Waals surface area contributed by atoms with Gasteiger partial charge in [0.2, 0.25) is 8.03 Å². The molecular weight excluding hydrogens is 543 g/mol. The molecule has 0 saturated carbocycles. The first-order valence-corrected chi connectivity index (χ1v) is 16.8. The van der Waals surface area contributed by atoms with Crippen LogP contribution in [0.25, 0.3) is 33.4 Å². The first kappa shape index (κ1) is 33.0. The summed E-state index contributed by atoms with van der Waals surface area (Å²) in [5.41, 5.74) is 10.5. The quantitative estimate of drug-likeness (QED) is 0.239. The summed E-state index contributed by atoms with van der Waals surface area (Å²) in [4.78, 5) is 11.1. The molecule has 0 aliphatic rings. The maximum atomic E-state index is 13.5. The van der Waals surface area contributed by atoms with Crippen LogP contribution in [0.1, 0.15) is 105 Å². The molecule has 0 fully saturated rings. The van der Waals surface area contributed by atoms with Crippen molar-refractivity contribution in [3.8, 4) is 33.4 Å². The lowest BCUT2D eigenvalue weighted by atomic mass is 9.69. The molecule has 0 aromatic heterocycles. The molecular formula is C40H51O2P. The van der Waals surface area contributed by atoms with E-state index in [2.05, 4.69) is 150 Å². The summed E-state index contributed by atoms with van der Waals surface area (Å²) in [6, 6.07) is 27.7. The molecule has 0 spiro atoms. The van der Waals surface area contributed by atoms with Crippen LogP contribution in [-0.4, -0.2) is 4.89 Å². The molecule has 0 heterocycles. The van der Waals surface area contributed by atoms with Crippen LogP contribution in [0.3, 0.4) is 0 Å². The van der Waals surface area contributed by atoms with E-state index in [9.17, 15) is 9.46 Å². The van der Waals surface area contributed by atoms with Crippen molar-refractivity contribution in [3.63, 3.8) is 0 Å². The van der Waals surface area contributed by atoms with E-state index in [1.54, 1.807) is 0 Å². The van der Waals surface area contributed by atoms with Gasteiger partial charge >= 0.3 is 0 Å². The maximum Gasteiger partial charge on any atom is 0.218 e. The number of hydrogen-bond acceptors (Lipinski definition) is 1. The summed E-state index contributed by atoms with van der Waals surface area (Å²) >= 11 is 0. The molecule has 0 amide bonds. The lowest BCUT2D eigenvalue weighted by Crippen LogP contribution is -2.23. The lowest BCUT2D eigenvalue weighted by Gasteiger charge is -2.35. The molecule has 2 nitrogen and oxygen atoms in total. The van der Waals surface area contributed by atoms with Gasteiger partial charge in [-0.25, -0.2) is 0 Å². The minimum atomic E-state index is -3.08. The standard InChI is InChI=1S/C40H51O2P/c1-37(2,3)28-20-16-21-29(38(4,5)6)34(28)33-27(26-18-14-13-15-19-26)24-25-32(43(41)42)36(33)35-30(39(7,8)9)22-17-23-31(35)40(10,11)12/h13-25,43H,1-12H3,(H,41,42). The number of benzene rings is 4. The molecule has 43 heavy (non-hydrogen) atoms. The van der Waals surface area contributed by atoms with Crippen LogP contribution in [0.15, 0.2) is 78.9 Å². The van der Waals surface area contributed by atoms with Gasteiger partial charge in [0.1, 0.15) is 0 Å². The fourth-order valence-corrected chi connectivity index (χ4v) is 6.99. The summed E-state index contributed by atoms with van der Waals surface area (Å²) in [5, 5.41) is 0.519. The fraction of sp³-hybridized carbons (Fsp3) is 0.400. The number of rotatable bonds is 4. The van der Waals surface area contributed by atoms with Crippen molar-refractivity contribution in [1.82, 2.24) is 0 Å². The van der Waals surface area contributed by atoms with Gasteiger partial charge in [0.25, 0.3) is 0 Å². The van der Waals surface area contributed by atoms with Crippen LogP contribution in [-0.2, 0) is 26.2 Å². The predicted octanol–water partition coefficient (Wildman–Crippen LogP) is 11.0. The lowest BCUT2D eigenvalue weighted by molar-refractivity contribution is 0.513. The Bertz CT molecular complexity index is 1590. The van der Waals surface area contributed by atoms with Crippen LogP contribution in [0.2, 0.25) is 0 Å². The van der Waals surface area contributed by atoms with Gasteiger partial charge in [0, 0.05) is 10.9 Å². The van der Waals surface area contributed by atoms with E-state index in [0.717, 1.165) is 27.8 Å². The summed E-state index contributed by atoms with van der Waals surface area (Å²) in [6.45, 7) is 27.0. The Labute approximate surface area is 261 Å². The van der Waals surface area contributed by atoms with Gasteiger partial charge in [-0.05, 0) is 77.8 Å². The molecule has 0 aliphatic heterocycles. The van der Waals surface area contributed by atoms with Crippen LogP contribution in [0, 0.1) is 0 Å². The molecule has 3 heteroatoms. The Morgan fingerprint density at radius 3 is 1.16 bits per heavy atom. The predicted molar refractivity (Wildman–Crippen MR) is 188 cm³/mol. The molecule has 0 saturated heterocycles. The second kappa shape index (κ2) is 11.5. The topological polar surface area (TPSA) is 37.3 Å². The Morgan fingerprint density at radius 2 is 0.814 bits per heavy atom. The molecule has 4 aromatic carbocycles. The van der Waals surface area contributed by atoms with E-state index in [-0.39, 0.29) is 21.7 Å². The minimum absolute atomic E-state index is 0.168. The third-order valence-electron chi connectivity index (χ3n) is 8.38. The average Bonchev–Trinajstić information content (AvgIpc) is 2.89. The summed E-state index contributed by atoms with van der Waals surface area (Å²) in [6.07, 6.45) is 0. The largest absolute Gasteiger partial charge is 0.343 e. The van der Waals surface area contributed by atoms with Crippen molar-refractivity contribution in [1.29, 1.82) is 0 Å². The second-order valence-corrected chi connectivity index (χ2v) is 17.2. The van der Waals surface area contributed by atoms with Crippen LogP contribution in [0.4, 0.5) is 0 Å². The summed E-state index contributed by atoms with van der Waals surface area (Å²) in [7, 11) is -3.08. The Kier molecular flexibility index (Phi) is 8.84. The Hall–Kier alpha value is -2.93. The van der Waals surface area contributed by atoms with E-state index >= 15 is 0 Å². The Balaban J connectivity index is 2.46. The molecule has 4 rings (SSSR count). The molecule has 0 radical (unpaired) electrons. The highest BCUT2D eigenvalue weighted by Gasteiger charge is 2.34. The highest BCUT2D eigenvalue weighted by molar-refractivity contribution is 7.47. The van der Waals surface area contributed by atoms with Crippen molar-refractivity contribution in [3.05, 3.63) is 101 Å². The van der Waals surface area contributed by atoms with Crippen LogP contribution < -0.4 is 5.30 Å². The van der Waals surface area contributed by atoms with Gasteiger partial charge < -0.3 is 4.89 Å². The third-order valence-corrected chi connectivity index (χ3v) is 9.26. The normalized spacial score (nSPS) is 13.7. The second-order valence-electron chi connectivity index (χ2n) is 16.0. The smallest absolute Gasteiger partial charge is 0.218 e. The zero-order chi connectivity index (χ0) is 32.1. The van der Waals surface area contributed by atoms with Gasteiger partial charge in [-0.3, -0.25) is 4.57 Å². The van der Waals surface area contributed by atoms with Crippen molar-refractivity contribution in [2.24, 2.45) is 0 Å². The van der Waals surface area contributed by atoms with Crippen LogP contribution in [0.5, 0.6) is 0 Å². The van der Waals surface area contributed by atoms with Crippen molar-refractivity contribution in [2.75, 3.05) is 0 Å². The van der Waals surface area contributed by atoms with Gasteiger partial charge in [0.05, 0.1) is 0 Å². The van der Waals surface area contributed by atoms with Gasteiger partial charge in [-0.15, -0.1) is 0 Å². The Morgan fingerprint density at radius 1 is 0.442 bits per heavy atom. The van der Waals surface area contributed by atoms with Gasteiger partial charge in [0.15, 0.2) is 0 Å². The van der Waals surface area contributed by atoms with Crippen molar-refractivity contribution < 1.29 is 9.46 Å². The van der Waals surface area contributed by atoms with Gasteiger partial charge in [-0.1, -0.05) is 156 Å². The molecule has 0 bridgehead atoms. The first-order valence-electron chi connectivity index (χ1n) is 15.5. The summed E-state index contributed by atoms with van der Waals surface area (Å²) < 4.78 is 13.5. The van der Waals surface area contributed by atoms with E-state index < -0.39 is 8.03 Å². The van der Waals surface area contributed by atoms with Gasteiger partial charge in [-0.2, -0.15) is 0 Å². The van der Waals surface area contributed by atoms with Crippen molar-refractivity contribution in [2.45, 2.75) is 105 Å². The molecule has 1 atom stereocenters. The van der Waals surface area contributed by atoms with E-state index in [1.165, 1.54) is 27.8 Å². The molecule has 228 valence electrons. The third kappa shape index (κ3) is 6.62. The summed E-state index contributed by atoms with van der Waals surface area (Å²) in [5.74, 6) is 0. The highest BCUT2D eigenvalue weighted by Crippen LogP contribution is 2.51. The molecule has 1 unspecified atom stereocenters. The van der Waals surface area contributed by atoms with Crippen molar-refractivity contribution >= 4 is 13.3 Å².